The molecular formula is C15H23N3O2. The van der Waals surface area contributed by atoms with Crippen molar-refractivity contribution in [2.24, 2.45) is 0 Å². The van der Waals surface area contributed by atoms with E-state index in [1.165, 1.54) is 19.4 Å². The van der Waals surface area contributed by atoms with Crippen LogP contribution in [0.1, 0.15) is 12.8 Å². The van der Waals surface area contributed by atoms with Gasteiger partial charge >= 0.3 is 0 Å². The molecule has 110 valence electrons. The van der Waals surface area contributed by atoms with Crippen LogP contribution in [0.4, 0.5) is 5.69 Å². The molecule has 1 aromatic carbocycles. The number of hydrogen-bond acceptors (Lipinski definition) is 4. The summed E-state index contributed by atoms with van der Waals surface area (Å²) < 4.78 is 5.45. The molecule has 20 heavy (non-hydrogen) atoms. The van der Waals surface area contributed by atoms with E-state index in [2.05, 4.69) is 22.6 Å². The number of nitrogens with zero attached hydrogens (tertiary/aromatic N) is 1. The van der Waals surface area contributed by atoms with Crippen molar-refractivity contribution in [2.45, 2.75) is 18.9 Å². The van der Waals surface area contributed by atoms with Crippen molar-refractivity contribution in [1.29, 1.82) is 0 Å². The van der Waals surface area contributed by atoms with Crippen LogP contribution in [0.25, 0.3) is 0 Å². The van der Waals surface area contributed by atoms with Crippen LogP contribution in [0, 0.1) is 0 Å². The first-order valence-corrected chi connectivity index (χ1v) is 7.06. The van der Waals surface area contributed by atoms with Crippen LogP contribution in [-0.4, -0.2) is 50.6 Å². The molecular weight excluding hydrogens is 254 g/mol. The second-order valence-electron chi connectivity index (χ2n) is 5.24. The fourth-order valence-corrected chi connectivity index (χ4v) is 2.42. The van der Waals surface area contributed by atoms with E-state index >= 15 is 0 Å². The SMILES string of the molecule is CNC(=O)COc1cccc(NC2CCCN(C)C2)c1. The molecule has 1 aromatic rings. The summed E-state index contributed by atoms with van der Waals surface area (Å²) in [5.74, 6) is 0.583. The van der Waals surface area contributed by atoms with Gasteiger partial charge in [0.05, 0.1) is 0 Å². The molecule has 0 spiro atoms. The van der Waals surface area contributed by atoms with Gasteiger partial charge in [0.25, 0.3) is 5.91 Å². The number of ether oxygens (including phenoxy) is 1. The van der Waals surface area contributed by atoms with E-state index in [1.54, 1.807) is 7.05 Å². The van der Waals surface area contributed by atoms with Crippen LogP contribution in [-0.2, 0) is 4.79 Å². The van der Waals surface area contributed by atoms with Crippen LogP contribution in [0.15, 0.2) is 24.3 Å². The normalized spacial score (nSPS) is 19.4. The molecule has 1 aliphatic heterocycles. The molecule has 1 amide bonds. The summed E-state index contributed by atoms with van der Waals surface area (Å²) in [4.78, 5) is 13.5. The highest BCUT2D eigenvalue weighted by atomic mass is 16.5. The smallest absolute Gasteiger partial charge is 0.257 e. The summed E-state index contributed by atoms with van der Waals surface area (Å²) >= 11 is 0. The summed E-state index contributed by atoms with van der Waals surface area (Å²) in [6.45, 7) is 2.28. The highest BCUT2D eigenvalue weighted by Crippen LogP contribution is 2.20. The van der Waals surface area contributed by atoms with Crippen molar-refractivity contribution in [3.05, 3.63) is 24.3 Å². The number of likely N-dealkylation sites (tertiary alicyclic amines) is 1. The Labute approximate surface area is 120 Å². The molecule has 0 bridgehead atoms. The Hall–Kier alpha value is -1.75. The van der Waals surface area contributed by atoms with E-state index < -0.39 is 0 Å². The molecule has 1 heterocycles. The van der Waals surface area contributed by atoms with Crippen LogP contribution < -0.4 is 15.4 Å². The number of nitrogens with one attached hydrogen (secondary N) is 2. The Morgan fingerprint density at radius 1 is 1.50 bits per heavy atom. The van der Waals surface area contributed by atoms with E-state index in [1.807, 2.05) is 24.3 Å². The molecule has 0 aromatic heterocycles. The number of hydrogen-bond donors (Lipinski definition) is 2. The molecule has 0 saturated carbocycles. The summed E-state index contributed by atoms with van der Waals surface area (Å²) in [5.41, 5.74) is 1.04. The highest BCUT2D eigenvalue weighted by molar-refractivity contribution is 5.77. The monoisotopic (exact) mass is 277 g/mol. The van der Waals surface area contributed by atoms with Gasteiger partial charge in [-0.25, -0.2) is 0 Å². The Bertz CT molecular complexity index is 450. The molecule has 2 N–H and O–H groups in total. The maximum atomic E-state index is 11.2. The molecule has 1 aliphatic rings. The van der Waals surface area contributed by atoms with E-state index in [-0.39, 0.29) is 12.5 Å². The predicted molar refractivity (Wildman–Crippen MR) is 80.1 cm³/mol. The predicted octanol–water partition coefficient (Wildman–Crippen LogP) is 1.32. The first kappa shape index (κ1) is 14.7. The number of rotatable bonds is 5. The lowest BCUT2D eigenvalue weighted by Crippen LogP contribution is -2.39. The van der Waals surface area contributed by atoms with Gasteiger partial charge in [-0.05, 0) is 38.6 Å². The number of carbonyl (C=O) groups is 1. The van der Waals surface area contributed by atoms with Gasteiger partial charge in [0.2, 0.25) is 0 Å². The van der Waals surface area contributed by atoms with Gasteiger partial charge in [0.15, 0.2) is 6.61 Å². The third-order valence-corrected chi connectivity index (χ3v) is 3.48. The minimum absolute atomic E-state index is 0.0477. The Balaban J connectivity index is 1.90. The Morgan fingerprint density at radius 3 is 3.10 bits per heavy atom. The average Bonchev–Trinajstić information content (AvgIpc) is 2.45. The minimum atomic E-state index is -0.128. The lowest BCUT2D eigenvalue weighted by atomic mass is 10.1. The van der Waals surface area contributed by atoms with E-state index in [0.29, 0.717) is 11.8 Å². The number of likely N-dealkylation sites (N-methyl/N-ethyl adjacent to an activating group) is 2. The van der Waals surface area contributed by atoms with Crippen molar-refractivity contribution < 1.29 is 9.53 Å². The molecule has 1 fully saturated rings. The fourth-order valence-electron chi connectivity index (χ4n) is 2.42. The lowest BCUT2D eigenvalue weighted by Gasteiger charge is -2.30. The summed E-state index contributed by atoms with van der Waals surface area (Å²) in [5, 5.41) is 6.07. The summed E-state index contributed by atoms with van der Waals surface area (Å²) in [7, 11) is 3.75. The average molecular weight is 277 g/mol. The van der Waals surface area contributed by atoms with Crippen LogP contribution in [0.3, 0.4) is 0 Å². The van der Waals surface area contributed by atoms with Gasteiger partial charge in [-0.15, -0.1) is 0 Å². The maximum absolute atomic E-state index is 11.2. The van der Waals surface area contributed by atoms with Crippen LogP contribution >= 0.6 is 0 Å². The number of piperidine rings is 1. The van der Waals surface area contributed by atoms with Crippen LogP contribution in [0.2, 0.25) is 0 Å². The van der Waals surface area contributed by atoms with Crippen molar-refractivity contribution in [3.8, 4) is 5.75 Å². The van der Waals surface area contributed by atoms with Gasteiger partial charge in [0, 0.05) is 31.4 Å². The Kier molecular flexibility index (Phi) is 5.24. The third kappa shape index (κ3) is 4.42. The second kappa shape index (κ2) is 7.14. The third-order valence-electron chi connectivity index (χ3n) is 3.48. The van der Waals surface area contributed by atoms with Crippen molar-refractivity contribution >= 4 is 11.6 Å². The molecule has 1 atom stereocenters. The van der Waals surface area contributed by atoms with E-state index in [4.69, 9.17) is 4.74 Å². The molecule has 1 saturated heterocycles. The quantitative estimate of drug-likeness (QED) is 0.852. The fraction of sp³-hybridized carbons (Fsp3) is 0.533. The molecule has 1 unspecified atom stereocenters. The summed E-state index contributed by atoms with van der Waals surface area (Å²) in [6, 6.07) is 8.25. The molecule has 5 heteroatoms. The largest absolute Gasteiger partial charge is 0.484 e. The molecule has 0 radical (unpaired) electrons. The first-order chi connectivity index (χ1) is 9.67. The summed E-state index contributed by atoms with van der Waals surface area (Å²) in [6.07, 6.45) is 2.41. The van der Waals surface area contributed by atoms with E-state index in [0.717, 1.165) is 12.2 Å². The van der Waals surface area contributed by atoms with Gasteiger partial charge < -0.3 is 20.3 Å². The van der Waals surface area contributed by atoms with Crippen LogP contribution in [0.5, 0.6) is 5.75 Å². The minimum Gasteiger partial charge on any atom is -0.484 e. The lowest BCUT2D eigenvalue weighted by molar-refractivity contribution is -0.122. The number of amides is 1. The van der Waals surface area contributed by atoms with Gasteiger partial charge in [-0.1, -0.05) is 6.07 Å². The molecule has 5 nitrogen and oxygen atoms in total. The van der Waals surface area contributed by atoms with Crippen molar-refractivity contribution in [3.63, 3.8) is 0 Å². The van der Waals surface area contributed by atoms with Gasteiger partial charge in [-0.2, -0.15) is 0 Å². The van der Waals surface area contributed by atoms with Crippen molar-refractivity contribution in [2.75, 3.05) is 39.1 Å². The van der Waals surface area contributed by atoms with Gasteiger partial charge in [0.1, 0.15) is 5.75 Å². The number of anilines is 1. The number of carbonyl (C=O) groups excluding carboxylic acids is 1. The zero-order chi connectivity index (χ0) is 14.4. The molecule has 0 aliphatic carbocycles. The van der Waals surface area contributed by atoms with Crippen molar-refractivity contribution in [1.82, 2.24) is 10.2 Å². The first-order valence-electron chi connectivity index (χ1n) is 7.06. The standard InChI is InChI=1S/C15H23N3O2/c1-16-15(19)11-20-14-7-3-5-12(9-14)17-13-6-4-8-18(2)10-13/h3,5,7,9,13,17H,4,6,8,10-11H2,1-2H3,(H,16,19). The number of benzene rings is 1. The topological polar surface area (TPSA) is 53.6 Å². The zero-order valence-corrected chi connectivity index (χ0v) is 12.2. The maximum Gasteiger partial charge on any atom is 0.257 e. The van der Waals surface area contributed by atoms with Gasteiger partial charge in [-0.3, -0.25) is 4.79 Å². The molecule has 2 rings (SSSR count). The van der Waals surface area contributed by atoms with E-state index in [9.17, 15) is 4.79 Å². The second-order valence-corrected chi connectivity index (χ2v) is 5.24. The zero-order valence-electron chi connectivity index (χ0n) is 12.2. The Morgan fingerprint density at radius 2 is 2.35 bits per heavy atom. The highest BCUT2D eigenvalue weighted by Gasteiger charge is 2.16.